The molecule has 1 aromatic heterocycles. The van der Waals surface area contributed by atoms with Crippen LogP contribution >= 0.6 is 0 Å². The van der Waals surface area contributed by atoms with Crippen molar-refractivity contribution in [3.05, 3.63) is 75.4 Å². The first kappa shape index (κ1) is 22.3. The molecule has 2 aliphatic heterocycles. The van der Waals surface area contributed by atoms with E-state index in [1.165, 1.54) is 12.1 Å². The largest absolute Gasteiger partial charge is 0.375 e. The number of ether oxygens (including phenoxy) is 1. The number of fused-ring (bicyclic) bond motifs is 1. The first-order chi connectivity index (χ1) is 16.4. The summed E-state index contributed by atoms with van der Waals surface area (Å²) in [7, 11) is 0. The zero-order valence-corrected chi connectivity index (χ0v) is 19.4. The average Bonchev–Trinajstić information content (AvgIpc) is 3.28. The molecule has 0 radical (unpaired) electrons. The van der Waals surface area contributed by atoms with E-state index in [1.807, 2.05) is 43.0 Å². The third-order valence-electron chi connectivity index (χ3n) is 7.02. The van der Waals surface area contributed by atoms with Gasteiger partial charge in [-0.15, -0.1) is 0 Å². The number of aromatic nitrogens is 2. The number of piperidine rings is 1. The molecule has 2 aliphatic rings. The van der Waals surface area contributed by atoms with Gasteiger partial charge in [-0.3, -0.25) is 4.79 Å². The number of hydrogen-bond acceptors (Lipinski definition) is 4. The van der Waals surface area contributed by atoms with Gasteiger partial charge in [0.2, 0.25) is 0 Å². The predicted octanol–water partition coefficient (Wildman–Crippen LogP) is 4.80. The lowest BCUT2D eigenvalue weighted by Crippen LogP contribution is -2.38. The molecule has 1 amide bonds. The number of nitrogens with zero attached hydrogens (tertiary/aromatic N) is 3. The number of aryl methyl sites for hydroxylation is 2. The van der Waals surface area contributed by atoms with Gasteiger partial charge >= 0.3 is 0 Å². The molecule has 0 unspecified atom stereocenters. The maximum absolute atomic E-state index is 14.1. The number of aromatic amines is 1. The number of rotatable bonds is 3. The Morgan fingerprint density at radius 1 is 1.21 bits per heavy atom. The molecule has 0 atom stereocenters. The Morgan fingerprint density at radius 2 is 2.00 bits per heavy atom. The standard InChI is InChI=1S/C27H27FN4O2/c1-16-11-17(2)22(13-21(16)26-30-24-7-10-34-15-25(24)31-26)27(33)32-8-5-18(6-9-32)19-3-4-20(14-29)23(28)12-19/h3-4,11-13,18H,5-10,15H2,1-2H3,(H,30,31). The molecular formula is C27H27FN4O2. The van der Waals surface area contributed by atoms with Crippen LogP contribution in [0.4, 0.5) is 4.39 Å². The fourth-order valence-corrected chi connectivity index (χ4v) is 5.04. The zero-order chi connectivity index (χ0) is 23.8. The number of hydrogen-bond donors (Lipinski definition) is 1. The topological polar surface area (TPSA) is 82.0 Å². The lowest BCUT2D eigenvalue weighted by Gasteiger charge is -2.33. The van der Waals surface area contributed by atoms with Crippen molar-refractivity contribution < 1.29 is 13.9 Å². The molecule has 1 saturated heterocycles. The van der Waals surface area contributed by atoms with Crippen LogP contribution in [-0.2, 0) is 17.8 Å². The van der Waals surface area contributed by atoms with Gasteiger partial charge in [-0.2, -0.15) is 5.26 Å². The van der Waals surface area contributed by atoms with Crippen LogP contribution in [0.5, 0.6) is 0 Å². The highest BCUT2D eigenvalue weighted by Crippen LogP contribution is 2.32. The fraction of sp³-hybridized carbons (Fsp3) is 0.370. The molecule has 0 spiro atoms. The van der Waals surface area contributed by atoms with Crippen molar-refractivity contribution in [1.29, 1.82) is 5.26 Å². The molecule has 6 nitrogen and oxygen atoms in total. The van der Waals surface area contributed by atoms with Gasteiger partial charge in [0.25, 0.3) is 5.91 Å². The van der Waals surface area contributed by atoms with Crippen molar-refractivity contribution in [2.75, 3.05) is 19.7 Å². The van der Waals surface area contributed by atoms with E-state index in [2.05, 4.69) is 4.98 Å². The molecule has 0 aliphatic carbocycles. The summed E-state index contributed by atoms with van der Waals surface area (Å²) in [5.41, 5.74) is 6.64. The van der Waals surface area contributed by atoms with Gasteiger partial charge in [-0.25, -0.2) is 9.37 Å². The lowest BCUT2D eigenvalue weighted by atomic mass is 9.88. The molecule has 3 heterocycles. The smallest absolute Gasteiger partial charge is 0.254 e. The second kappa shape index (κ2) is 9.03. The van der Waals surface area contributed by atoms with Crippen molar-refractivity contribution >= 4 is 5.91 Å². The predicted molar refractivity (Wildman–Crippen MR) is 126 cm³/mol. The molecule has 34 heavy (non-hydrogen) atoms. The molecular weight excluding hydrogens is 431 g/mol. The van der Waals surface area contributed by atoms with Gasteiger partial charge in [0, 0.05) is 30.6 Å². The Kier molecular flexibility index (Phi) is 5.93. The van der Waals surface area contributed by atoms with E-state index >= 15 is 0 Å². The van der Waals surface area contributed by atoms with Gasteiger partial charge < -0.3 is 14.6 Å². The summed E-state index contributed by atoms with van der Waals surface area (Å²) in [6.07, 6.45) is 2.32. The van der Waals surface area contributed by atoms with Gasteiger partial charge in [-0.05, 0) is 67.5 Å². The summed E-state index contributed by atoms with van der Waals surface area (Å²) >= 11 is 0. The van der Waals surface area contributed by atoms with Crippen LogP contribution < -0.4 is 0 Å². The van der Waals surface area contributed by atoms with E-state index in [0.717, 1.165) is 58.7 Å². The van der Waals surface area contributed by atoms with Crippen LogP contribution in [0.15, 0.2) is 30.3 Å². The molecule has 1 fully saturated rings. The summed E-state index contributed by atoms with van der Waals surface area (Å²) in [6.45, 7) is 6.45. The van der Waals surface area contributed by atoms with E-state index in [1.54, 1.807) is 0 Å². The van der Waals surface area contributed by atoms with Crippen LogP contribution in [-0.4, -0.2) is 40.5 Å². The number of likely N-dealkylation sites (tertiary alicyclic amines) is 1. The SMILES string of the molecule is Cc1cc(C)c(-c2nc3c([nH]2)COCC3)cc1C(=O)N1CCC(c2ccc(C#N)c(F)c2)CC1. The third-order valence-corrected chi connectivity index (χ3v) is 7.02. The summed E-state index contributed by atoms with van der Waals surface area (Å²) < 4.78 is 19.6. The second-order valence-electron chi connectivity index (χ2n) is 9.21. The summed E-state index contributed by atoms with van der Waals surface area (Å²) in [5.74, 6) is 0.497. The van der Waals surface area contributed by atoms with Crippen molar-refractivity contribution in [3.63, 3.8) is 0 Å². The summed E-state index contributed by atoms with van der Waals surface area (Å²) in [4.78, 5) is 23.5. The number of halogens is 1. The van der Waals surface area contributed by atoms with E-state index in [9.17, 15) is 9.18 Å². The number of benzene rings is 2. The van der Waals surface area contributed by atoms with E-state index in [-0.39, 0.29) is 17.4 Å². The van der Waals surface area contributed by atoms with Crippen LogP contribution in [0.2, 0.25) is 0 Å². The fourth-order valence-electron chi connectivity index (χ4n) is 5.04. The second-order valence-corrected chi connectivity index (χ2v) is 9.21. The molecule has 7 heteroatoms. The number of carbonyl (C=O) groups is 1. The van der Waals surface area contributed by atoms with Crippen LogP contribution in [0.25, 0.3) is 11.4 Å². The highest BCUT2D eigenvalue weighted by Gasteiger charge is 2.27. The third kappa shape index (κ3) is 4.10. The van der Waals surface area contributed by atoms with Gasteiger partial charge in [-0.1, -0.05) is 12.1 Å². The quantitative estimate of drug-likeness (QED) is 0.611. The normalized spacial score (nSPS) is 16.2. The van der Waals surface area contributed by atoms with Crippen molar-refractivity contribution in [3.8, 4) is 17.5 Å². The number of amides is 1. The highest BCUT2D eigenvalue weighted by atomic mass is 19.1. The van der Waals surface area contributed by atoms with Gasteiger partial charge in [0.05, 0.1) is 30.2 Å². The van der Waals surface area contributed by atoms with Crippen molar-refractivity contribution in [2.45, 2.75) is 45.6 Å². The Labute approximate surface area is 198 Å². The first-order valence-corrected chi connectivity index (χ1v) is 11.7. The van der Waals surface area contributed by atoms with Gasteiger partial charge in [0.15, 0.2) is 0 Å². The monoisotopic (exact) mass is 458 g/mol. The minimum Gasteiger partial charge on any atom is -0.375 e. The number of carbonyl (C=O) groups excluding carboxylic acids is 1. The summed E-state index contributed by atoms with van der Waals surface area (Å²) in [5, 5.41) is 8.95. The van der Waals surface area contributed by atoms with Crippen LogP contribution in [0.3, 0.4) is 0 Å². The minimum absolute atomic E-state index is 0.0165. The zero-order valence-electron chi connectivity index (χ0n) is 19.4. The molecule has 3 aromatic rings. The molecule has 2 aromatic carbocycles. The molecule has 5 rings (SSSR count). The Hall–Kier alpha value is -3.50. The number of H-pyrrole nitrogens is 1. The van der Waals surface area contributed by atoms with E-state index < -0.39 is 5.82 Å². The van der Waals surface area contributed by atoms with E-state index in [4.69, 9.17) is 15.0 Å². The maximum atomic E-state index is 14.1. The maximum Gasteiger partial charge on any atom is 0.254 e. The molecule has 1 N–H and O–H groups in total. The Balaban J connectivity index is 1.34. The Bertz CT molecular complexity index is 1280. The van der Waals surface area contributed by atoms with Crippen LogP contribution in [0.1, 0.15) is 62.8 Å². The molecule has 0 saturated carbocycles. The van der Waals surface area contributed by atoms with Crippen molar-refractivity contribution in [1.82, 2.24) is 14.9 Å². The Morgan fingerprint density at radius 3 is 2.71 bits per heavy atom. The lowest BCUT2D eigenvalue weighted by molar-refractivity contribution is 0.0712. The number of nitrogens with one attached hydrogen (secondary N) is 1. The van der Waals surface area contributed by atoms with E-state index in [0.29, 0.717) is 31.9 Å². The van der Waals surface area contributed by atoms with Crippen LogP contribution in [0, 0.1) is 31.0 Å². The molecule has 0 bridgehead atoms. The van der Waals surface area contributed by atoms with Crippen molar-refractivity contribution in [2.24, 2.45) is 0 Å². The van der Waals surface area contributed by atoms with Gasteiger partial charge in [0.1, 0.15) is 17.7 Å². The number of nitriles is 1. The highest BCUT2D eigenvalue weighted by molar-refractivity contribution is 5.97. The number of imidazole rings is 1. The first-order valence-electron chi connectivity index (χ1n) is 11.7. The minimum atomic E-state index is -0.479. The molecule has 174 valence electrons. The summed E-state index contributed by atoms with van der Waals surface area (Å²) in [6, 6.07) is 10.7. The average molecular weight is 459 g/mol.